The van der Waals surface area contributed by atoms with Gasteiger partial charge in [-0.05, 0) is 24.1 Å². The third-order valence-electron chi connectivity index (χ3n) is 3.76. The highest BCUT2D eigenvalue weighted by molar-refractivity contribution is 7.91. The minimum Gasteiger partial charge on any atom is -0.480 e. The number of rotatable bonds is 8. The molecule has 8 heteroatoms. The summed E-state index contributed by atoms with van der Waals surface area (Å²) in [5.41, 5.74) is 0.311. The lowest BCUT2D eigenvalue weighted by atomic mass is 10.1. The first-order valence-corrected chi connectivity index (χ1v) is 9.50. The number of amides is 1. The summed E-state index contributed by atoms with van der Waals surface area (Å²) in [5, 5.41) is 21.4. The fraction of sp³-hybridized carbons (Fsp3) is 0.222. The Morgan fingerprint density at radius 1 is 0.962 bits per heavy atom. The van der Waals surface area contributed by atoms with Crippen LogP contribution in [0.3, 0.4) is 0 Å². The molecule has 0 aliphatic rings. The number of nitrogens with one attached hydrogen (secondary N) is 1. The van der Waals surface area contributed by atoms with Gasteiger partial charge in [-0.15, -0.1) is 0 Å². The second-order valence-electron chi connectivity index (χ2n) is 5.63. The van der Waals surface area contributed by atoms with Gasteiger partial charge in [0.15, 0.2) is 15.9 Å². The first-order chi connectivity index (χ1) is 12.3. The third-order valence-corrected chi connectivity index (χ3v) is 5.52. The molecule has 0 radical (unpaired) electrons. The van der Waals surface area contributed by atoms with Crippen molar-refractivity contribution in [1.82, 2.24) is 5.32 Å². The van der Waals surface area contributed by atoms with Crippen LogP contribution in [0.5, 0.6) is 0 Å². The van der Waals surface area contributed by atoms with Gasteiger partial charge in [-0.25, -0.2) is 13.2 Å². The predicted molar refractivity (Wildman–Crippen MR) is 94.1 cm³/mol. The number of hydrogen-bond donors (Lipinski definition) is 3. The quantitative estimate of drug-likeness (QED) is 0.635. The van der Waals surface area contributed by atoms with Crippen molar-refractivity contribution in [3.63, 3.8) is 0 Å². The molecule has 1 amide bonds. The van der Waals surface area contributed by atoms with E-state index < -0.39 is 39.6 Å². The molecule has 0 aromatic heterocycles. The van der Waals surface area contributed by atoms with Crippen molar-refractivity contribution in [1.29, 1.82) is 0 Å². The van der Waals surface area contributed by atoms with E-state index in [0.717, 1.165) is 0 Å². The average Bonchev–Trinajstić information content (AvgIpc) is 2.65. The van der Waals surface area contributed by atoms with Crippen LogP contribution >= 0.6 is 0 Å². The van der Waals surface area contributed by atoms with E-state index in [1.165, 1.54) is 24.3 Å². The molecule has 2 atom stereocenters. The van der Waals surface area contributed by atoms with Crippen LogP contribution in [-0.4, -0.2) is 42.3 Å². The molecule has 138 valence electrons. The van der Waals surface area contributed by atoms with E-state index in [9.17, 15) is 28.2 Å². The highest BCUT2D eigenvalue weighted by Gasteiger charge is 2.27. The van der Waals surface area contributed by atoms with Crippen LogP contribution in [0.15, 0.2) is 65.6 Å². The number of carbonyl (C=O) groups is 2. The SMILES string of the molecule is O=C(N[C@H](CCS(=O)(=O)c1ccccc1)C(=O)O)[C@@H](O)c1ccccc1. The van der Waals surface area contributed by atoms with Gasteiger partial charge in [0, 0.05) is 0 Å². The first-order valence-electron chi connectivity index (χ1n) is 7.85. The maximum Gasteiger partial charge on any atom is 0.326 e. The number of hydrogen-bond acceptors (Lipinski definition) is 5. The molecule has 26 heavy (non-hydrogen) atoms. The van der Waals surface area contributed by atoms with Crippen molar-refractivity contribution in [2.24, 2.45) is 0 Å². The summed E-state index contributed by atoms with van der Waals surface area (Å²) in [4.78, 5) is 23.5. The Balaban J connectivity index is 2.03. The first kappa shape index (κ1) is 19.6. The van der Waals surface area contributed by atoms with Crippen molar-refractivity contribution in [3.8, 4) is 0 Å². The molecular formula is C18H19NO6S. The third kappa shape index (κ3) is 5.14. The summed E-state index contributed by atoms with van der Waals surface area (Å²) < 4.78 is 24.5. The van der Waals surface area contributed by atoms with E-state index in [1.54, 1.807) is 36.4 Å². The summed E-state index contributed by atoms with van der Waals surface area (Å²) in [6, 6.07) is 14.2. The topological polar surface area (TPSA) is 121 Å². The molecule has 0 spiro atoms. The van der Waals surface area contributed by atoms with Crippen LogP contribution in [0, 0.1) is 0 Å². The van der Waals surface area contributed by atoms with Gasteiger partial charge in [-0.2, -0.15) is 0 Å². The van der Waals surface area contributed by atoms with E-state index >= 15 is 0 Å². The maximum atomic E-state index is 12.2. The molecule has 0 heterocycles. The molecule has 2 aromatic rings. The van der Waals surface area contributed by atoms with Crippen LogP contribution in [0.25, 0.3) is 0 Å². The molecule has 7 nitrogen and oxygen atoms in total. The average molecular weight is 377 g/mol. The zero-order valence-electron chi connectivity index (χ0n) is 13.8. The number of carboxylic acids is 1. The Morgan fingerprint density at radius 3 is 2.04 bits per heavy atom. The number of sulfone groups is 1. The van der Waals surface area contributed by atoms with Gasteiger partial charge in [0.2, 0.25) is 0 Å². The van der Waals surface area contributed by atoms with Crippen LogP contribution in [-0.2, 0) is 19.4 Å². The lowest BCUT2D eigenvalue weighted by molar-refractivity contribution is -0.143. The Hall–Kier alpha value is -2.71. The highest BCUT2D eigenvalue weighted by Crippen LogP contribution is 2.14. The van der Waals surface area contributed by atoms with E-state index in [2.05, 4.69) is 5.32 Å². The molecule has 0 unspecified atom stereocenters. The van der Waals surface area contributed by atoms with Crippen molar-refractivity contribution < 1.29 is 28.2 Å². The Bertz CT molecular complexity index is 852. The van der Waals surface area contributed by atoms with E-state index in [0.29, 0.717) is 5.56 Å². The van der Waals surface area contributed by atoms with Crippen LogP contribution < -0.4 is 5.32 Å². The lowest BCUT2D eigenvalue weighted by Crippen LogP contribution is -2.44. The number of benzene rings is 2. The standard InChI is InChI=1S/C18H19NO6S/c20-16(13-7-3-1-4-8-13)17(21)19-15(18(22)23)11-12-26(24,25)14-9-5-2-6-10-14/h1-10,15-16,20H,11-12H2,(H,19,21)(H,22,23)/t15-,16+/m1/s1. The molecule has 2 aromatic carbocycles. The van der Waals surface area contributed by atoms with Crippen molar-refractivity contribution in [2.75, 3.05) is 5.75 Å². The number of aliphatic hydroxyl groups excluding tert-OH is 1. The summed E-state index contributed by atoms with van der Waals surface area (Å²) in [5.74, 6) is -2.72. The maximum absolute atomic E-state index is 12.2. The Labute approximate surface area is 151 Å². The molecule has 0 saturated carbocycles. The minimum absolute atomic E-state index is 0.0831. The van der Waals surface area contributed by atoms with Gasteiger partial charge < -0.3 is 15.5 Å². The van der Waals surface area contributed by atoms with Crippen molar-refractivity contribution in [2.45, 2.75) is 23.5 Å². The normalized spacial score (nSPS) is 13.6. The van der Waals surface area contributed by atoms with E-state index in [4.69, 9.17) is 0 Å². The second-order valence-corrected chi connectivity index (χ2v) is 7.74. The summed E-state index contributed by atoms with van der Waals surface area (Å²) in [6.45, 7) is 0. The Morgan fingerprint density at radius 2 is 1.50 bits per heavy atom. The van der Waals surface area contributed by atoms with Gasteiger partial charge in [0.25, 0.3) is 5.91 Å². The molecule has 0 aliphatic carbocycles. The van der Waals surface area contributed by atoms with Gasteiger partial charge in [-0.3, -0.25) is 4.79 Å². The second kappa shape index (κ2) is 8.59. The smallest absolute Gasteiger partial charge is 0.326 e. The number of aliphatic hydroxyl groups is 1. The molecule has 2 rings (SSSR count). The highest BCUT2D eigenvalue weighted by atomic mass is 32.2. The van der Waals surface area contributed by atoms with Gasteiger partial charge >= 0.3 is 5.97 Å². The number of aliphatic carboxylic acids is 1. The van der Waals surface area contributed by atoms with Crippen molar-refractivity contribution >= 4 is 21.7 Å². The zero-order valence-corrected chi connectivity index (χ0v) is 14.6. The fourth-order valence-corrected chi connectivity index (χ4v) is 3.67. The summed E-state index contributed by atoms with van der Waals surface area (Å²) in [6.07, 6.45) is -1.86. The van der Waals surface area contributed by atoms with Crippen LogP contribution in [0.4, 0.5) is 0 Å². The van der Waals surface area contributed by atoms with Crippen molar-refractivity contribution in [3.05, 3.63) is 66.2 Å². The predicted octanol–water partition coefficient (Wildman–Crippen LogP) is 1.15. The summed E-state index contributed by atoms with van der Waals surface area (Å²) >= 11 is 0. The summed E-state index contributed by atoms with van der Waals surface area (Å²) in [7, 11) is -3.67. The lowest BCUT2D eigenvalue weighted by Gasteiger charge is -2.17. The fourth-order valence-electron chi connectivity index (χ4n) is 2.31. The molecule has 0 aliphatic heterocycles. The molecule has 3 N–H and O–H groups in total. The zero-order chi connectivity index (χ0) is 19.2. The molecule has 0 bridgehead atoms. The number of carboxylic acid groups (broad SMARTS) is 1. The largest absolute Gasteiger partial charge is 0.480 e. The van der Waals surface area contributed by atoms with Gasteiger partial charge in [0.05, 0.1) is 10.6 Å². The van der Waals surface area contributed by atoms with Crippen LogP contribution in [0.2, 0.25) is 0 Å². The molecule has 0 saturated heterocycles. The van der Waals surface area contributed by atoms with Gasteiger partial charge in [0.1, 0.15) is 6.04 Å². The van der Waals surface area contributed by atoms with E-state index in [1.807, 2.05) is 0 Å². The monoisotopic (exact) mass is 377 g/mol. The van der Waals surface area contributed by atoms with Gasteiger partial charge in [-0.1, -0.05) is 48.5 Å². The molecular weight excluding hydrogens is 358 g/mol. The van der Waals surface area contributed by atoms with E-state index in [-0.39, 0.29) is 11.3 Å². The van der Waals surface area contributed by atoms with Crippen LogP contribution in [0.1, 0.15) is 18.1 Å². The number of carbonyl (C=O) groups excluding carboxylic acids is 1. The Kier molecular flexibility index (Phi) is 6.48. The molecule has 0 fully saturated rings. The minimum atomic E-state index is -3.67.